The maximum atomic E-state index is 11.6. The van der Waals surface area contributed by atoms with E-state index < -0.39 is 0 Å². The maximum absolute atomic E-state index is 11.6. The van der Waals surface area contributed by atoms with Crippen molar-refractivity contribution >= 4 is 28.7 Å². The molecule has 0 unspecified atom stereocenters. The van der Waals surface area contributed by atoms with E-state index in [1.54, 1.807) is 17.4 Å². The zero-order chi connectivity index (χ0) is 15.0. The quantitative estimate of drug-likeness (QED) is 0.872. The maximum Gasteiger partial charge on any atom is 0.163 e. The lowest BCUT2D eigenvalue weighted by Crippen LogP contribution is -2.29. The first-order valence-electron chi connectivity index (χ1n) is 6.84. The third-order valence-electron chi connectivity index (χ3n) is 3.81. The van der Waals surface area contributed by atoms with Crippen molar-refractivity contribution in [3.63, 3.8) is 0 Å². The molecule has 110 valence electrons. The molecule has 0 saturated carbocycles. The first kappa shape index (κ1) is 14.6. The van der Waals surface area contributed by atoms with E-state index in [4.69, 9.17) is 11.6 Å². The average Bonchev–Trinajstić information content (AvgIpc) is 2.89. The highest BCUT2D eigenvalue weighted by molar-refractivity contribution is 7.10. The molecule has 2 heterocycles. The molecule has 0 atom stereocenters. The average molecular weight is 322 g/mol. The number of thiophene rings is 1. The van der Waals surface area contributed by atoms with E-state index in [2.05, 4.69) is 16.3 Å². The molecule has 1 aliphatic heterocycles. The van der Waals surface area contributed by atoms with Crippen LogP contribution in [0.2, 0.25) is 5.02 Å². The second-order valence-electron chi connectivity index (χ2n) is 5.35. The van der Waals surface area contributed by atoms with Crippen LogP contribution in [0.25, 0.3) is 0 Å². The summed E-state index contributed by atoms with van der Waals surface area (Å²) < 4.78 is 0. The number of halogens is 1. The second kappa shape index (κ2) is 5.79. The van der Waals surface area contributed by atoms with Gasteiger partial charge in [0.1, 0.15) is 5.75 Å². The number of benzene rings is 1. The Bertz CT molecular complexity index is 696. The van der Waals surface area contributed by atoms with Crippen LogP contribution in [0.5, 0.6) is 5.75 Å². The van der Waals surface area contributed by atoms with Gasteiger partial charge in [0, 0.05) is 35.1 Å². The lowest BCUT2D eigenvalue weighted by molar-refractivity contribution is 0.101. The van der Waals surface area contributed by atoms with E-state index in [-0.39, 0.29) is 11.5 Å². The third kappa shape index (κ3) is 2.98. The van der Waals surface area contributed by atoms with Gasteiger partial charge in [-0.1, -0.05) is 11.6 Å². The molecule has 1 N–H and O–H groups in total. The molecule has 0 spiro atoms. The van der Waals surface area contributed by atoms with Gasteiger partial charge in [-0.15, -0.1) is 11.3 Å². The predicted molar refractivity (Wildman–Crippen MR) is 85.3 cm³/mol. The van der Waals surface area contributed by atoms with Crippen LogP contribution in [-0.2, 0) is 19.5 Å². The molecule has 3 nitrogen and oxygen atoms in total. The summed E-state index contributed by atoms with van der Waals surface area (Å²) in [5.41, 5.74) is 2.37. The van der Waals surface area contributed by atoms with Crippen molar-refractivity contribution in [2.75, 3.05) is 6.54 Å². The number of phenols is 1. The Morgan fingerprint density at radius 1 is 1.48 bits per heavy atom. The molecule has 0 amide bonds. The number of fused-ring (bicyclic) bond motifs is 1. The molecule has 1 aromatic heterocycles. The molecule has 5 heteroatoms. The number of nitrogens with zero attached hydrogens (tertiary/aromatic N) is 1. The number of carbonyl (C=O) groups excluding carboxylic acids is 1. The molecular formula is C16H16ClNO2S. The Morgan fingerprint density at radius 2 is 2.29 bits per heavy atom. The predicted octanol–water partition coefficient (Wildman–Crippen LogP) is 3.87. The van der Waals surface area contributed by atoms with Gasteiger partial charge in [0.2, 0.25) is 0 Å². The Balaban J connectivity index is 1.84. The van der Waals surface area contributed by atoms with Crippen LogP contribution >= 0.6 is 22.9 Å². The van der Waals surface area contributed by atoms with Crippen molar-refractivity contribution in [2.24, 2.45) is 0 Å². The highest BCUT2D eigenvalue weighted by Crippen LogP contribution is 2.31. The number of hydrogen-bond donors (Lipinski definition) is 1. The van der Waals surface area contributed by atoms with Crippen LogP contribution in [0.15, 0.2) is 23.6 Å². The van der Waals surface area contributed by atoms with Crippen LogP contribution in [0.3, 0.4) is 0 Å². The molecule has 0 aliphatic carbocycles. The van der Waals surface area contributed by atoms with Gasteiger partial charge in [0.05, 0.1) is 5.56 Å². The third-order valence-corrected chi connectivity index (χ3v) is 5.05. The van der Waals surface area contributed by atoms with E-state index in [0.717, 1.165) is 19.5 Å². The number of hydrogen-bond acceptors (Lipinski definition) is 4. The van der Waals surface area contributed by atoms with E-state index in [0.29, 0.717) is 22.7 Å². The summed E-state index contributed by atoms with van der Waals surface area (Å²) in [6.07, 6.45) is 1.04. The number of ketones is 1. The van der Waals surface area contributed by atoms with Gasteiger partial charge < -0.3 is 5.11 Å². The highest BCUT2D eigenvalue weighted by atomic mass is 35.5. The fraction of sp³-hybridized carbons (Fsp3) is 0.312. The molecule has 0 saturated heterocycles. The van der Waals surface area contributed by atoms with Crippen molar-refractivity contribution in [2.45, 2.75) is 26.4 Å². The molecular weight excluding hydrogens is 306 g/mol. The highest BCUT2D eigenvalue weighted by Gasteiger charge is 2.20. The molecule has 1 aliphatic rings. The van der Waals surface area contributed by atoms with Crippen LogP contribution < -0.4 is 0 Å². The Morgan fingerprint density at radius 3 is 3.05 bits per heavy atom. The minimum atomic E-state index is -0.171. The van der Waals surface area contributed by atoms with E-state index >= 15 is 0 Å². The van der Waals surface area contributed by atoms with Gasteiger partial charge in [-0.05, 0) is 42.5 Å². The Labute approximate surface area is 132 Å². The normalized spacial score (nSPS) is 15.0. The van der Waals surface area contributed by atoms with Gasteiger partial charge in [-0.3, -0.25) is 9.69 Å². The van der Waals surface area contributed by atoms with Crippen molar-refractivity contribution in [3.05, 3.63) is 50.2 Å². The second-order valence-corrected chi connectivity index (χ2v) is 6.78. The van der Waals surface area contributed by atoms with E-state index in [9.17, 15) is 9.90 Å². The molecule has 1 aromatic carbocycles. The standard InChI is InChI=1S/C16H16ClNO2S/c1-10(19)14-7-13(17)6-12(16(14)20)9-18-4-2-15-11(8-18)3-5-21-15/h3,5-7,20H,2,4,8-9H2,1H3. The summed E-state index contributed by atoms with van der Waals surface area (Å²) in [5, 5.41) is 12.9. The van der Waals surface area contributed by atoms with Crippen LogP contribution in [-0.4, -0.2) is 22.3 Å². The summed E-state index contributed by atoms with van der Waals surface area (Å²) in [5.74, 6) is -0.113. The monoisotopic (exact) mass is 321 g/mol. The fourth-order valence-electron chi connectivity index (χ4n) is 2.73. The lowest BCUT2D eigenvalue weighted by Gasteiger charge is -2.27. The van der Waals surface area contributed by atoms with Crippen LogP contribution in [0.4, 0.5) is 0 Å². The Hall–Kier alpha value is -1.36. The van der Waals surface area contributed by atoms with Gasteiger partial charge in [0.15, 0.2) is 5.78 Å². The van der Waals surface area contributed by atoms with E-state index in [1.165, 1.54) is 23.4 Å². The summed E-state index contributed by atoms with van der Waals surface area (Å²) in [4.78, 5) is 15.3. The molecule has 21 heavy (non-hydrogen) atoms. The number of carbonyl (C=O) groups is 1. The molecule has 0 fully saturated rings. The minimum absolute atomic E-state index is 0.0583. The Kier molecular flexibility index (Phi) is 4.02. The lowest BCUT2D eigenvalue weighted by atomic mass is 10.0. The smallest absolute Gasteiger partial charge is 0.163 e. The van der Waals surface area contributed by atoms with Crippen molar-refractivity contribution in [3.8, 4) is 5.75 Å². The van der Waals surface area contributed by atoms with Gasteiger partial charge in [0.25, 0.3) is 0 Å². The fourth-order valence-corrected chi connectivity index (χ4v) is 3.86. The molecule has 0 radical (unpaired) electrons. The molecule has 3 rings (SSSR count). The summed E-state index contributed by atoms with van der Waals surface area (Å²) >= 11 is 7.87. The molecule has 2 aromatic rings. The van der Waals surface area contributed by atoms with Gasteiger partial charge in [-0.2, -0.15) is 0 Å². The van der Waals surface area contributed by atoms with Gasteiger partial charge >= 0.3 is 0 Å². The van der Waals surface area contributed by atoms with Crippen molar-refractivity contribution in [1.82, 2.24) is 4.90 Å². The number of phenolic OH excluding ortho intramolecular Hbond substituents is 1. The zero-order valence-corrected chi connectivity index (χ0v) is 13.3. The zero-order valence-electron chi connectivity index (χ0n) is 11.7. The summed E-state index contributed by atoms with van der Waals surface area (Å²) in [6, 6.07) is 5.42. The first-order chi connectivity index (χ1) is 10.0. The van der Waals surface area contributed by atoms with Crippen LogP contribution in [0.1, 0.15) is 33.3 Å². The summed E-state index contributed by atoms with van der Waals surface area (Å²) in [7, 11) is 0. The number of Topliss-reactive ketones (excluding diaryl/α,β-unsaturated/α-hetero) is 1. The topological polar surface area (TPSA) is 40.5 Å². The minimum Gasteiger partial charge on any atom is -0.507 e. The van der Waals surface area contributed by atoms with Gasteiger partial charge in [-0.25, -0.2) is 0 Å². The molecule has 0 bridgehead atoms. The first-order valence-corrected chi connectivity index (χ1v) is 8.10. The SMILES string of the molecule is CC(=O)c1cc(Cl)cc(CN2CCc3sccc3C2)c1O. The number of aromatic hydroxyl groups is 1. The van der Waals surface area contributed by atoms with E-state index in [1.807, 2.05) is 0 Å². The number of rotatable bonds is 3. The largest absolute Gasteiger partial charge is 0.507 e. The van der Waals surface area contributed by atoms with Crippen molar-refractivity contribution < 1.29 is 9.90 Å². The van der Waals surface area contributed by atoms with Crippen LogP contribution in [0, 0.1) is 0 Å². The van der Waals surface area contributed by atoms with Crippen molar-refractivity contribution in [1.29, 1.82) is 0 Å². The summed E-state index contributed by atoms with van der Waals surface area (Å²) in [6.45, 7) is 3.87.